The number of benzene rings is 3. The minimum absolute atomic E-state index is 0.0371. The number of hydrogen-bond acceptors (Lipinski definition) is 4. The second-order valence-electron chi connectivity index (χ2n) is 7.02. The monoisotopic (exact) mass is 474 g/mol. The molecule has 9 heteroatoms. The molecule has 0 saturated carbocycles. The smallest absolute Gasteiger partial charge is 0.387 e. The van der Waals surface area contributed by atoms with E-state index in [0.717, 1.165) is 5.56 Å². The minimum atomic E-state index is -2.90. The summed E-state index contributed by atoms with van der Waals surface area (Å²) in [7, 11) is 1.58. The van der Waals surface area contributed by atoms with E-state index in [1.165, 1.54) is 29.2 Å². The highest BCUT2D eigenvalue weighted by Crippen LogP contribution is 2.24. The van der Waals surface area contributed by atoms with Crippen LogP contribution in [0.15, 0.2) is 72.8 Å². The zero-order valence-corrected chi connectivity index (χ0v) is 18.4. The highest BCUT2D eigenvalue weighted by Gasteiger charge is 2.17. The topological polar surface area (TPSA) is 67.9 Å². The predicted molar refractivity (Wildman–Crippen MR) is 121 cm³/mol. The van der Waals surface area contributed by atoms with Crippen LogP contribution in [0.3, 0.4) is 0 Å². The summed E-state index contributed by atoms with van der Waals surface area (Å²) in [6.07, 6.45) is 0. The van der Waals surface area contributed by atoms with Gasteiger partial charge in [-0.05, 0) is 48.0 Å². The van der Waals surface area contributed by atoms with Crippen molar-refractivity contribution < 1.29 is 27.8 Å². The molecular weight excluding hydrogens is 454 g/mol. The molecule has 3 rings (SSSR count). The number of rotatable bonds is 9. The summed E-state index contributed by atoms with van der Waals surface area (Å²) in [4.78, 5) is 26.6. The number of amides is 2. The van der Waals surface area contributed by atoms with Crippen molar-refractivity contribution in [3.05, 3.63) is 88.9 Å². The van der Waals surface area contributed by atoms with Gasteiger partial charge in [0.05, 0.1) is 5.56 Å². The lowest BCUT2D eigenvalue weighted by atomic mass is 10.1. The molecule has 0 aliphatic heterocycles. The normalized spacial score (nSPS) is 10.6. The zero-order chi connectivity index (χ0) is 23.8. The van der Waals surface area contributed by atoms with Crippen molar-refractivity contribution >= 4 is 29.1 Å². The van der Waals surface area contributed by atoms with Crippen LogP contribution >= 0.6 is 11.6 Å². The molecule has 172 valence electrons. The number of ether oxygens (including phenoxy) is 2. The first-order chi connectivity index (χ1) is 15.8. The Kier molecular flexibility index (Phi) is 8.21. The van der Waals surface area contributed by atoms with Gasteiger partial charge < -0.3 is 19.7 Å². The average Bonchev–Trinajstić information content (AvgIpc) is 2.79. The first-order valence-electron chi connectivity index (χ1n) is 9.88. The molecule has 0 radical (unpaired) electrons. The van der Waals surface area contributed by atoms with Gasteiger partial charge in [0.15, 0.2) is 6.61 Å². The molecule has 1 N–H and O–H groups in total. The summed E-state index contributed by atoms with van der Waals surface area (Å²) in [6, 6.07) is 19.4. The Morgan fingerprint density at radius 1 is 1.03 bits per heavy atom. The van der Waals surface area contributed by atoms with Gasteiger partial charge in [-0.2, -0.15) is 8.78 Å². The fraction of sp³-hybridized carbons (Fsp3) is 0.167. The molecule has 0 fully saturated rings. The molecule has 0 aliphatic rings. The number of anilines is 1. The van der Waals surface area contributed by atoms with Gasteiger partial charge in [0, 0.05) is 24.3 Å². The Morgan fingerprint density at radius 2 is 1.73 bits per heavy atom. The molecule has 0 bridgehead atoms. The third-order valence-electron chi connectivity index (χ3n) is 4.56. The van der Waals surface area contributed by atoms with Crippen LogP contribution in [-0.4, -0.2) is 37.0 Å². The second-order valence-corrected chi connectivity index (χ2v) is 7.46. The van der Waals surface area contributed by atoms with E-state index >= 15 is 0 Å². The van der Waals surface area contributed by atoms with Crippen molar-refractivity contribution in [3.8, 4) is 11.5 Å². The van der Waals surface area contributed by atoms with E-state index in [9.17, 15) is 18.4 Å². The summed E-state index contributed by atoms with van der Waals surface area (Å²) < 4.78 is 34.4. The van der Waals surface area contributed by atoms with Crippen molar-refractivity contribution in [3.63, 3.8) is 0 Å². The Balaban J connectivity index is 1.60. The highest BCUT2D eigenvalue weighted by atomic mass is 35.5. The van der Waals surface area contributed by atoms with E-state index in [1.807, 2.05) is 6.07 Å². The number of nitrogens with one attached hydrogen (secondary N) is 1. The van der Waals surface area contributed by atoms with Crippen molar-refractivity contribution in [1.29, 1.82) is 0 Å². The minimum Gasteiger partial charge on any atom is -0.483 e. The number of carbonyl (C=O) groups is 2. The molecule has 0 unspecified atom stereocenters. The molecule has 0 spiro atoms. The van der Waals surface area contributed by atoms with Gasteiger partial charge in [0.2, 0.25) is 0 Å². The SMILES string of the molecule is CN(Cc1ccc(OC(F)F)cc1)C(=O)COc1ccc(Cl)cc1C(=O)Nc1ccccc1. The maximum atomic E-state index is 12.7. The van der Waals surface area contributed by atoms with E-state index < -0.39 is 12.5 Å². The molecule has 33 heavy (non-hydrogen) atoms. The average molecular weight is 475 g/mol. The molecule has 6 nitrogen and oxygen atoms in total. The van der Waals surface area contributed by atoms with Crippen molar-refractivity contribution in [2.75, 3.05) is 19.0 Å². The van der Waals surface area contributed by atoms with Crippen LogP contribution in [0.1, 0.15) is 15.9 Å². The number of carbonyl (C=O) groups excluding carboxylic acids is 2. The summed E-state index contributed by atoms with van der Waals surface area (Å²) in [5.41, 5.74) is 1.52. The Hall–Kier alpha value is -3.65. The van der Waals surface area contributed by atoms with Gasteiger partial charge in [0.25, 0.3) is 11.8 Å². The van der Waals surface area contributed by atoms with Gasteiger partial charge in [-0.15, -0.1) is 0 Å². The molecule has 0 aliphatic carbocycles. The molecule has 0 saturated heterocycles. The molecule has 0 aromatic heterocycles. The van der Waals surface area contributed by atoms with Gasteiger partial charge >= 0.3 is 6.61 Å². The molecule has 2 amide bonds. The van der Waals surface area contributed by atoms with E-state index in [4.69, 9.17) is 16.3 Å². The lowest BCUT2D eigenvalue weighted by Gasteiger charge is -2.18. The number of likely N-dealkylation sites (N-methyl/N-ethyl adjacent to an activating group) is 1. The van der Waals surface area contributed by atoms with Crippen LogP contribution in [0.5, 0.6) is 11.5 Å². The maximum absolute atomic E-state index is 12.7. The van der Waals surface area contributed by atoms with Gasteiger partial charge in [-0.3, -0.25) is 9.59 Å². The maximum Gasteiger partial charge on any atom is 0.387 e. The summed E-state index contributed by atoms with van der Waals surface area (Å²) in [6.45, 7) is -2.97. The van der Waals surface area contributed by atoms with E-state index in [-0.39, 0.29) is 36.1 Å². The molecule has 0 atom stereocenters. The Labute approximate surface area is 194 Å². The number of alkyl halides is 2. The van der Waals surface area contributed by atoms with Crippen LogP contribution in [0.25, 0.3) is 0 Å². The van der Waals surface area contributed by atoms with Gasteiger partial charge in [-0.1, -0.05) is 41.9 Å². The van der Waals surface area contributed by atoms with Gasteiger partial charge in [-0.25, -0.2) is 0 Å². The van der Waals surface area contributed by atoms with Crippen molar-refractivity contribution in [2.45, 2.75) is 13.2 Å². The lowest BCUT2D eigenvalue weighted by molar-refractivity contribution is -0.132. The second kappa shape index (κ2) is 11.3. The molecule has 3 aromatic carbocycles. The summed E-state index contributed by atoms with van der Waals surface area (Å²) in [5.74, 6) is -0.518. The first-order valence-corrected chi connectivity index (χ1v) is 10.3. The lowest BCUT2D eigenvalue weighted by Crippen LogP contribution is -2.31. The summed E-state index contributed by atoms with van der Waals surface area (Å²) >= 11 is 6.04. The number of halogens is 3. The number of hydrogen-bond donors (Lipinski definition) is 1. The van der Waals surface area contributed by atoms with Crippen LogP contribution in [-0.2, 0) is 11.3 Å². The predicted octanol–water partition coefficient (Wildman–Crippen LogP) is 5.23. The number of para-hydroxylation sites is 1. The first kappa shape index (κ1) is 24.0. The highest BCUT2D eigenvalue weighted by molar-refractivity contribution is 6.31. The van der Waals surface area contributed by atoms with Crippen molar-refractivity contribution in [1.82, 2.24) is 4.90 Å². The standard InChI is InChI=1S/C24H21ClF2N2O4/c1-29(14-16-7-10-19(11-8-16)33-24(26)27)22(30)15-32-21-12-9-17(25)13-20(21)23(31)28-18-5-3-2-4-6-18/h2-13,24H,14-15H2,1H3,(H,28,31). The molecule has 0 heterocycles. The van der Waals surface area contributed by atoms with Crippen LogP contribution in [0.2, 0.25) is 5.02 Å². The Morgan fingerprint density at radius 3 is 2.39 bits per heavy atom. The fourth-order valence-corrected chi connectivity index (χ4v) is 3.09. The van der Waals surface area contributed by atoms with E-state index in [1.54, 1.807) is 49.5 Å². The quantitative estimate of drug-likeness (QED) is 0.461. The third kappa shape index (κ3) is 7.18. The Bertz CT molecular complexity index is 1100. The zero-order valence-electron chi connectivity index (χ0n) is 17.6. The fourth-order valence-electron chi connectivity index (χ4n) is 2.91. The van der Waals surface area contributed by atoms with Crippen LogP contribution in [0.4, 0.5) is 14.5 Å². The largest absolute Gasteiger partial charge is 0.483 e. The third-order valence-corrected chi connectivity index (χ3v) is 4.80. The van der Waals surface area contributed by atoms with Crippen molar-refractivity contribution in [2.24, 2.45) is 0 Å². The van der Waals surface area contributed by atoms with E-state index in [0.29, 0.717) is 10.7 Å². The van der Waals surface area contributed by atoms with E-state index in [2.05, 4.69) is 10.1 Å². The summed E-state index contributed by atoms with van der Waals surface area (Å²) in [5, 5.41) is 3.11. The number of nitrogens with zero attached hydrogens (tertiary/aromatic N) is 1. The van der Waals surface area contributed by atoms with Crippen LogP contribution in [0, 0.1) is 0 Å². The van der Waals surface area contributed by atoms with Gasteiger partial charge in [0.1, 0.15) is 11.5 Å². The molecular formula is C24H21ClF2N2O4. The van der Waals surface area contributed by atoms with Crippen LogP contribution < -0.4 is 14.8 Å². The molecule has 3 aromatic rings.